The second-order valence-corrected chi connectivity index (χ2v) is 16.6. The first-order valence-electron chi connectivity index (χ1n) is 6.98. The predicted molar refractivity (Wildman–Crippen MR) is 105 cm³/mol. The Labute approximate surface area is 148 Å². The van der Waals surface area contributed by atoms with E-state index in [-0.39, 0.29) is 24.0 Å². The van der Waals surface area contributed by atoms with Crippen LogP contribution in [-0.2, 0) is 0 Å². The topological polar surface area (TPSA) is 0 Å². The Morgan fingerprint density at radius 3 is 0.952 bits per heavy atom. The second-order valence-electron chi connectivity index (χ2n) is 5.22. The molecule has 2 heteroatoms. The van der Waals surface area contributed by atoms with Crippen LogP contribution in [0.15, 0.2) is 91.0 Å². The molecular weight excluding hydrogens is 477 g/mol. The zero-order valence-corrected chi connectivity index (χ0v) is 17.0. The van der Waals surface area contributed by atoms with E-state index in [4.69, 9.17) is 0 Å². The molecular formula is C19H19ISb. The molecule has 3 aromatic carbocycles. The van der Waals surface area contributed by atoms with Gasteiger partial charge < -0.3 is 0 Å². The van der Waals surface area contributed by atoms with Crippen LogP contribution in [0.4, 0.5) is 0 Å². The summed E-state index contributed by atoms with van der Waals surface area (Å²) < 4.78 is 4.58. The summed E-state index contributed by atoms with van der Waals surface area (Å²) >= 11 is -2.78. The second kappa shape index (κ2) is 7.46. The van der Waals surface area contributed by atoms with Crippen molar-refractivity contribution in [2.75, 3.05) is 0 Å². The summed E-state index contributed by atoms with van der Waals surface area (Å²) in [5.74, 6) is 0. The standard InChI is InChI=1S/3C6H5.CH3.I.Sb.H/c3*1-2-4-6-5-3-1;;;;/h3*1-5H;1H3;;;. The van der Waals surface area contributed by atoms with Gasteiger partial charge in [0.1, 0.15) is 0 Å². The molecule has 3 aromatic rings. The van der Waals surface area contributed by atoms with Gasteiger partial charge >= 0.3 is 125 Å². The molecule has 0 aliphatic heterocycles. The van der Waals surface area contributed by atoms with Crippen LogP contribution in [0, 0.1) is 0 Å². The van der Waals surface area contributed by atoms with Gasteiger partial charge in [-0.05, 0) is 0 Å². The third-order valence-corrected chi connectivity index (χ3v) is 16.8. The molecule has 21 heavy (non-hydrogen) atoms. The van der Waals surface area contributed by atoms with Crippen molar-refractivity contribution >= 4 is 53.3 Å². The molecule has 0 amide bonds. The van der Waals surface area contributed by atoms with Crippen LogP contribution in [-0.4, -0.2) is 18.8 Å². The maximum Gasteiger partial charge on any atom is 0 e. The normalized spacial score (nSPS) is 11.5. The van der Waals surface area contributed by atoms with E-state index in [0.717, 1.165) is 0 Å². The first kappa shape index (κ1) is 16.6. The average molecular weight is 496 g/mol. The molecule has 0 atom stereocenters. The monoisotopic (exact) mass is 495 g/mol. The number of benzene rings is 3. The zero-order valence-electron chi connectivity index (χ0n) is 12.0. The van der Waals surface area contributed by atoms with Gasteiger partial charge in [0.2, 0.25) is 0 Å². The Hall–Kier alpha value is -0.792. The summed E-state index contributed by atoms with van der Waals surface area (Å²) in [5.41, 5.74) is 0. The summed E-state index contributed by atoms with van der Waals surface area (Å²) in [7, 11) is 0. The van der Waals surface area contributed by atoms with Crippen molar-refractivity contribution in [2.45, 2.75) is 4.87 Å². The summed E-state index contributed by atoms with van der Waals surface area (Å²) in [6, 6.07) is 33.1. The van der Waals surface area contributed by atoms with Crippen molar-refractivity contribution in [1.29, 1.82) is 0 Å². The van der Waals surface area contributed by atoms with Gasteiger partial charge in [-0.15, -0.1) is 0 Å². The Balaban J connectivity index is 0.00000161. The van der Waals surface area contributed by atoms with Crippen molar-refractivity contribution in [1.82, 2.24) is 0 Å². The molecule has 3 rings (SSSR count). The molecule has 0 aliphatic rings. The summed E-state index contributed by atoms with van der Waals surface area (Å²) in [4.78, 5) is 2.51. The molecule has 0 fully saturated rings. The maximum atomic E-state index is 2.51. The predicted octanol–water partition coefficient (Wildman–Crippen LogP) is 3.40. The zero-order chi connectivity index (χ0) is 13.8. The molecule has 107 valence electrons. The van der Waals surface area contributed by atoms with E-state index in [2.05, 4.69) is 95.9 Å². The molecule has 0 nitrogen and oxygen atoms in total. The van der Waals surface area contributed by atoms with E-state index in [1.807, 2.05) is 0 Å². The van der Waals surface area contributed by atoms with Crippen LogP contribution < -0.4 is 10.5 Å². The minimum absolute atomic E-state index is 0. The average Bonchev–Trinajstić information content (AvgIpc) is 2.56. The van der Waals surface area contributed by atoms with Gasteiger partial charge in [0, 0.05) is 24.0 Å². The van der Waals surface area contributed by atoms with E-state index >= 15 is 0 Å². The third kappa shape index (κ3) is 3.35. The van der Waals surface area contributed by atoms with Crippen molar-refractivity contribution < 1.29 is 0 Å². The number of hydrogen-bond donors (Lipinski definition) is 0. The van der Waals surface area contributed by atoms with Gasteiger partial charge in [-0.25, -0.2) is 0 Å². The van der Waals surface area contributed by atoms with E-state index in [9.17, 15) is 0 Å². The largest absolute Gasteiger partial charge is 0 e. The molecule has 0 unspecified atom stereocenters. The Morgan fingerprint density at radius 1 is 0.476 bits per heavy atom. The fourth-order valence-corrected chi connectivity index (χ4v) is 13.0. The summed E-state index contributed by atoms with van der Waals surface area (Å²) in [6.07, 6.45) is 0. The van der Waals surface area contributed by atoms with Gasteiger partial charge in [-0.3, -0.25) is 0 Å². The van der Waals surface area contributed by atoms with E-state index < -0.39 is 18.8 Å². The molecule has 0 N–H and O–H groups in total. The number of halogens is 1. The quantitative estimate of drug-likeness (QED) is 0.386. The Bertz CT molecular complexity index is 569. The Kier molecular flexibility index (Phi) is 5.89. The molecule has 0 aliphatic carbocycles. The van der Waals surface area contributed by atoms with Crippen LogP contribution in [0.25, 0.3) is 0 Å². The third-order valence-electron chi connectivity index (χ3n) is 4.05. The summed E-state index contributed by atoms with van der Waals surface area (Å²) in [6.45, 7) is 0. The van der Waals surface area contributed by atoms with Crippen molar-refractivity contribution in [3.05, 3.63) is 91.0 Å². The van der Waals surface area contributed by atoms with Crippen LogP contribution in [0.2, 0.25) is 4.87 Å². The van der Waals surface area contributed by atoms with Crippen molar-refractivity contribution in [3.8, 4) is 0 Å². The van der Waals surface area contributed by atoms with Gasteiger partial charge in [-0.2, -0.15) is 0 Å². The van der Waals surface area contributed by atoms with Gasteiger partial charge in [0.25, 0.3) is 0 Å². The fraction of sp³-hybridized carbons (Fsp3) is 0.0526. The number of rotatable bonds is 3. The molecule has 0 aromatic heterocycles. The molecule has 0 bridgehead atoms. The minimum atomic E-state index is -2.78. The molecule has 0 saturated carbocycles. The summed E-state index contributed by atoms with van der Waals surface area (Å²) in [5, 5.41) is 0. The Morgan fingerprint density at radius 2 is 0.714 bits per heavy atom. The first-order valence-corrected chi connectivity index (χ1v) is 14.1. The van der Waals surface area contributed by atoms with Crippen molar-refractivity contribution in [3.63, 3.8) is 0 Å². The van der Waals surface area contributed by atoms with Gasteiger partial charge in [-0.1, -0.05) is 0 Å². The fourth-order valence-electron chi connectivity index (χ4n) is 2.81. The first-order chi connectivity index (χ1) is 9.82. The van der Waals surface area contributed by atoms with Crippen LogP contribution in [0.5, 0.6) is 0 Å². The van der Waals surface area contributed by atoms with E-state index in [0.29, 0.717) is 0 Å². The molecule has 0 saturated heterocycles. The smallest absolute Gasteiger partial charge is 0 e. The van der Waals surface area contributed by atoms with E-state index in [1.165, 1.54) is 10.5 Å². The molecule has 0 heterocycles. The number of hydrogen-bond acceptors (Lipinski definition) is 0. The maximum absolute atomic E-state index is 2.78. The van der Waals surface area contributed by atoms with Crippen LogP contribution >= 0.6 is 24.0 Å². The molecule has 1 radical (unpaired) electrons. The SMILES string of the molecule is [CH3][SbH]([c]1ccccc1)([c]1ccccc1)[c]1ccccc1.[I]. The van der Waals surface area contributed by atoms with Gasteiger partial charge in [0.15, 0.2) is 0 Å². The van der Waals surface area contributed by atoms with Gasteiger partial charge in [0.05, 0.1) is 0 Å². The van der Waals surface area contributed by atoms with Crippen molar-refractivity contribution in [2.24, 2.45) is 0 Å². The van der Waals surface area contributed by atoms with Crippen LogP contribution in [0.1, 0.15) is 0 Å². The molecule has 0 spiro atoms. The minimum Gasteiger partial charge on any atom is 0 e. The van der Waals surface area contributed by atoms with E-state index in [1.54, 1.807) is 0 Å². The van der Waals surface area contributed by atoms with Crippen LogP contribution in [0.3, 0.4) is 0 Å².